The molecule has 1 aromatic heterocycles. The predicted molar refractivity (Wildman–Crippen MR) is 38.6 cm³/mol. The van der Waals surface area contributed by atoms with Gasteiger partial charge >= 0.3 is 11.2 Å². The molecule has 0 unspecified atom stereocenters. The molecule has 0 aliphatic carbocycles. The highest BCUT2D eigenvalue weighted by Crippen LogP contribution is 2.27. The topological polar surface area (TPSA) is 76.0 Å². The minimum atomic E-state index is -3.40. The molecule has 0 spiro atoms. The summed E-state index contributed by atoms with van der Waals surface area (Å²) in [5.41, 5.74) is -4.30. The van der Waals surface area contributed by atoms with E-state index in [0.717, 1.165) is 0 Å². The van der Waals surface area contributed by atoms with Gasteiger partial charge in [0.1, 0.15) is 5.56 Å². The van der Waals surface area contributed by atoms with Gasteiger partial charge in [0.15, 0.2) is 5.82 Å². The molecule has 0 aliphatic heterocycles. The summed E-state index contributed by atoms with van der Waals surface area (Å²) < 4.78 is 36.9. The van der Waals surface area contributed by atoms with Crippen molar-refractivity contribution in [3.05, 3.63) is 38.0 Å². The number of nitrogens with one attached hydrogen (secondary N) is 1. The smallest absolute Gasteiger partial charge is 0.320 e. The molecule has 14 heavy (non-hydrogen) atoms. The lowest BCUT2D eigenvalue weighted by molar-refractivity contribution is -0.388. The quantitative estimate of drug-likeness (QED) is 0.588. The highest BCUT2D eigenvalue weighted by molar-refractivity contribution is 5.38. The zero-order valence-corrected chi connectivity index (χ0v) is 6.46. The lowest BCUT2D eigenvalue weighted by atomic mass is 10.2. The first-order valence-electron chi connectivity index (χ1n) is 3.28. The van der Waals surface area contributed by atoms with Crippen LogP contribution in [-0.4, -0.2) is 9.91 Å². The van der Waals surface area contributed by atoms with Crippen molar-refractivity contribution in [3.63, 3.8) is 0 Å². The van der Waals surface area contributed by atoms with Crippen LogP contribution >= 0.6 is 0 Å². The van der Waals surface area contributed by atoms with Crippen LogP contribution in [0.2, 0.25) is 0 Å². The summed E-state index contributed by atoms with van der Waals surface area (Å²) in [6, 6.07) is 0. The molecule has 8 heteroatoms. The molecule has 0 saturated heterocycles. The molecule has 1 aromatic rings. The van der Waals surface area contributed by atoms with Crippen molar-refractivity contribution in [1.29, 1.82) is 0 Å². The fourth-order valence-corrected chi connectivity index (χ4v) is 0.899. The standard InChI is InChI=1S/C6H3F3N2O3/c7-2-1-10-6(12)4(11(13)14)3(2)5(8)9/h1,5H,(H,10,12). The third-order valence-electron chi connectivity index (χ3n) is 1.46. The van der Waals surface area contributed by atoms with E-state index in [4.69, 9.17) is 0 Å². The zero-order valence-electron chi connectivity index (χ0n) is 6.46. The SMILES string of the molecule is O=c1[nH]cc(F)c(C(F)F)c1[N+](=O)[O-]. The monoisotopic (exact) mass is 208 g/mol. The molecule has 76 valence electrons. The Morgan fingerprint density at radius 3 is 2.43 bits per heavy atom. The Hall–Kier alpha value is -1.86. The van der Waals surface area contributed by atoms with Crippen molar-refractivity contribution in [2.75, 3.05) is 0 Å². The van der Waals surface area contributed by atoms with Crippen molar-refractivity contribution in [1.82, 2.24) is 4.98 Å². The van der Waals surface area contributed by atoms with Crippen LogP contribution in [0, 0.1) is 15.9 Å². The second kappa shape index (κ2) is 3.48. The number of nitrogens with zero attached hydrogens (tertiary/aromatic N) is 1. The van der Waals surface area contributed by atoms with Gasteiger partial charge in [-0.15, -0.1) is 0 Å². The Bertz CT molecular complexity index is 429. The molecular formula is C6H3F3N2O3. The third kappa shape index (κ3) is 1.58. The summed E-state index contributed by atoms with van der Waals surface area (Å²) in [5.74, 6) is -1.51. The largest absolute Gasteiger partial charge is 0.345 e. The molecule has 0 bridgehead atoms. The molecule has 1 heterocycles. The number of rotatable bonds is 2. The first-order valence-corrected chi connectivity index (χ1v) is 3.28. The molecule has 0 fully saturated rings. The van der Waals surface area contributed by atoms with Crippen LogP contribution in [0.3, 0.4) is 0 Å². The van der Waals surface area contributed by atoms with Crippen LogP contribution < -0.4 is 5.56 Å². The number of aromatic amines is 1. The normalized spacial score (nSPS) is 10.6. The Labute approximate surface area is 74.3 Å². The third-order valence-corrected chi connectivity index (χ3v) is 1.46. The van der Waals surface area contributed by atoms with E-state index in [1.165, 1.54) is 0 Å². The van der Waals surface area contributed by atoms with E-state index >= 15 is 0 Å². The van der Waals surface area contributed by atoms with E-state index < -0.39 is 34.0 Å². The number of H-pyrrole nitrogens is 1. The van der Waals surface area contributed by atoms with Gasteiger partial charge in [0.2, 0.25) is 0 Å². The van der Waals surface area contributed by atoms with Gasteiger partial charge in [-0.3, -0.25) is 14.9 Å². The number of halogens is 3. The molecule has 5 nitrogen and oxygen atoms in total. The average Bonchev–Trinajstić information content (AvgIpc) is 2.07. The number of nitro groups is 1. The highest BCUT2D eigenvalue weighted by atomic mass is 19.3. The fraction of sp³-hybridized carbons (Fsp3) is 0.167. The van der Waals surface area contributed by atoms with Gasteiger partial charge in [-0.05, 0) is 0 Å². The number of hydrogen-bond donors (Lipinski definition) is 1. The minimum absolute atomic E-state index is 0.358. The van der Waals surface area contributed by atoms with Crippen molar-refractivity contribution in [2.24, 2.45) is 0 Å². The van der Waals surface area contributed by atoms with Crippen LogP contribution in [0.4, 0.5) is 18.9 Å². The average molecular weight is 208 g/mol. The summed E-state index contributed by atoms with van der Waals surface area (Å²) in [6.45, 7) is 0. The van der Waals surface area contributed by atoms with Crippen LogP contribution in [0.1, 0.15) is 12.0 Å². The predicted octanol–water partition coefficient (Wildman–Crippen LogP) is 1.36. The lowest BCUT2D eigenvalue weighted by Gasteiger charge is -2.00. The Morgan fingerprint density at radius 1 is 1.50 bits per heavy atom. The lowest BCUT2D eigenvalue weighted by Crippen LogP contribution is -2.15. The van der Waals surface area contributed by atoms with Gasteiger partial charge in [-0.25, -0.2) is 13.2 Å². The second-order valence-electron chi connectivity index (χ2n) is 2.29. The number of aromatic nitrogens is 1. The van der Waals surface area contributed by atoms with Crippen LogP contribution in [-0.2, 0) is 0 Å². The van der Waals surface area contributed by atoms with Gasteiger partial charge in [-0.2, -0.15) is 0 Å². The van der Waals surface area contributed by atoms with Gasteiger partial charge in [0.05, 0.1) is 4.92 Å². The number of alkyl halides is 2. The zero-order chi connectivity index (χ0) is 10.9. The molecule has 0 atom stereocenters. The van der Waals surface area contributed by atoms with E-state index in [-0.39, 0.29) is 0 Å². The fourth-order valence-electron chi connectivity index (χ4n) is 0.899. The molecule has 0 amide bonds. The van der Waals surface area contributed by atoms with Crippen molar-refractivity contribution < 1.29 is 18.1 Å². The van der Waals surface area contributed by atoms with E-state index in [1.54, 1.807) is 4.98 Å². The van der Waals surface area contributed by atoms with E-state index in [9.17, 15) is 28.1 Å². The molecule has 0 saturated carbocycles. The van der Waals surface area contributed by atoms with E-state index in [2.05, 4.69) is 0 Å². The van der Waals surface area contributed by atoms with Crippen molar-refractivity contribution in [3.8, 4) is 0 Å². The highest BCUT2D eigenvalue weighted by Gasteiger charge is 2.29. The number of hydrogen-bond acceptors (Lipinski definition) is 3. The molecule has 0 radical (unpaired) electrons. The Morgan fingerprint density at radius 2 is 2.07 bits per heavy atom. The second-order valence-corrected chi connectivity index (χ2v) is 2.29. The summed E-state index contributed by atoms with van der Waals surface area (Å²) >= 11 is 0. The first-order chi connectivity index (χ1) is 6.45. The minimum Gasteiger partial charge on any atom is -0.320 e. The molecule has 0 aromatic carbocycles. The van der Waals surface area contributed by atoms with E-state index in [0.29, 0.717) is 6.20 Å². The molecule has 1 rings (SSSR count). The van der Waals surface area contributed by atoms with Crippen LogP contribution in [0.15, 0.2) is 11.0 Å². The Balaban J connectivity index is 3.58. The number of pyridine rings is 1. The van der Waals surface area contributed by atoms with Gasteiger partial charge in [0.25, 0.3) is 6.43 Å². The van der Waals surface area contributed by atoms with Gasteiger partial charge < -0.3 is 4.98 Å². The maximum absolute atomic E-state index is 12.7. The summed E-state index contributed by atoms with van der Waals surface area (Å²) in [7, 11) is 0. The van der Waals surface area contributed by atoms with Gasteiger partial charge in [-0.1, -0.05) is 0 Å². The molecule has 1 N–H and O–H groups in total. The summed E-state index contributed by atoms with van der Waals surface area (Å²) in [6.07, 6.45) is -3.05. The van der Waals surface area contributed by atoms with E-state index in [1.807, 2.05) is 0 Å². The van der Waals surface area contributed by atoms with Crippen molar-refractivity contribution in [2.45, 2.75) is 6.43 Å². The summed E-state index contributed by atoms with van der Waals surface area (Å²) in [5, 5.41) is 10.2. The Kier molecular flexibility index (Phi) is 2.54. The first kappa shape index (κ1) is 10.2. The van der Waals surface area contributed by atoms with Crippen LogP contribution in [0.25, 0.3) is 0 Å². The van der Waals surface area contributed by atoms with Crippen molar-refractivity contribution >= 4 is 5.69 Å². The maximum atomic E-state index is 12.7. The summed E-state index contributed by atoms with van der Waals surface area (Å²) in [4.78, 5) is 21.2. The van der Waals surface area contributed by atoms with Crippen LogP contribution in [0.5, 0.6) is 0 Å². The maximum Gasteiger partial charge on any atom is 0.345 e. The molecule has 0 aliphatic rings. The van der Waals surface area contributed by atoms with Gasteiger partial charge in [0, 0.05) is 6.20 Å². The molecular weight excluding hydrogens is 205 g/mol.